The van der Waals surface area contributed by atoms with Crippen LogP contribution in [0, 0.1) is 0 Å². The minimum atomic E-state index is -0.291. The zero-order valence-corrected chi connectivity index (χ0v) is 13.4. The number of hydrogen-bond acceptors (Lipinski definition) is 3. The highest BCUT2D eigenvalue weighted by atomic mass is 16.5. The summed E-state index contributed by atoms with van der Waals surface area (Å²) < 4.78 is 10.8. The van der Waals surface area contributed by atoms with Gasteiger partial charge in [-0.3, -0.25) is 0 Å². The highest BCUT2D eigenvalue weighted by Gasteiger charge is 2.03. The molecule has 0 aliphatic rings. The van der Waals surface area contributed by atoms with Crippen LogP contribution in [0.5, 0.6) is 5.75 Å². The predicted molar refractivity (Wildman–Crippen MR) is 91.3 cm³/mol. The van der Waals surface area contributed by atoms with Crippen molar-refractivity contribution in [3.63, 3.8) is 0 Å². The van der Waals surface area contributed by atoms with Gasteiger partial charge in [0.15, 0.2) is 0 Å². The van der Waals surface area contributed by atoms with Crippen LogP contribution in [-0.4, -0.2) is 12.6 Å². The summed E-state index contributed by atoms with van der Waals surface area (Å²) in [5.74, 6) is 0.599. The lowest BCUT2D eigenvalue weighted by molar-refractivity contribution is -0.137. The van der Waals surface area contributed by atoms with E-state index in [4.69, 9.17) is 9.47 Å². The number of esters is 1. The molecule has 2 aromatic rings. The Kier molecular flexibility index (Phi) is 6.92. The second-order valence-corrected chi connectivity index (χ2v) is 5.08. The van der Waals surface area contributed by atoms with Gasteiger partial charge in [-0.25, -0.2) is 4.79 Å². The Labute approximate surface area is 137 Å². The fraction of sp³-hybridized carbons (Fsp3) is 0.250. The van der Waals surface area contributed by atoms with Gasteiger partial charge < -0.3 is 9.47 Å². The first-order chi connectivity index (χ1) is 11.3. The van der Waals surface area contributed by atoms with Crippen LogP contribution in [0.25, 0.3) is 0 Å². The maximum atomic E-state index is 11.2. The third-order valence-corrected chi connectivity index (χ3v) is 3.33. The summed E-state index contributed by atoms with van der Waals surface area (Å²) in [6, 6.07) is 18.1. The first-order valence-electron chi connectivity index (χ1n) is 7.87. The molecular formula is C20H22O3. The summed E-state index contributed by atoms with van der Waals surface area (Å²) >= 11 is 0. The minimum Gasteiger partial charge on any atom is -0.489 e. The van der Waals surface area contributed by atoms with E-state index in [2.05, 4.69) is 6.07 Å². The third kappa shape index (κ3) is 5.99. The van der Waals surface area contributed by atoms with Crippen molar-refractivity contribution in [1.82, 2.24) is 0 Å². The molecule has 0 saturated carbocycles. The Balaban J connectivity index is 1.88. The van der Waals surface area contributed by atoms with Gasteiger partial charge in [0, 0.05) is 6.08 Å². The summed E-state index contributed by atoms with van der Waals surface area (Å²) in [4.78, 5) is 11.2. The van der Waals surface area contributed by atoms with Crippen LogP contribution in [0.1, 0.15) is 24.5 Å². The maximum absolute atomic E-state index is 11.2. The quantitative estimate of drug-likeness (QED) is 0.538. The topological polar surface area (TPSA) is 35.5 Å². The van der Waals surface area contributed by atoms with Gasteiger partial charge in [-0.2, -0.15) is 0 Å². The standard InChI is InChI=1S/C20H22O3/c1-2-22-20(21)15-9-7-13-18-12-6-8-14-19(18)23-16-17-10-4-3-5-11-17/h3-6,8-12,14-15H,2,7,13,16H2,1H3/b15-9+. The number of carbonyl (C=O) groups is 1. The van der Waals surface area contributed by atoms with Crippen molar-refractivity contribution in [1.29, 1.82) is 0 Å². The van der Waals surface area contributed by atoms with E-state index >= 15 is 0 Å². The van der Waals surface area contributed by atoms with E-state index in [0.29, 0.717) is 13.2 Å². The monoisotopic (exact) mass is 310 g/mol. The van der Waals surface area contributed by atoms with Gasteiger partial charge in [0.05, 0.1) is 6.61 Å². The maximum Gasteiger partial charge on any atom is 0.330 e. The zero-order valence-electron chi connectivity index (χ0n) is 13.4. The Morgan fingerprint density at radius 3 is 2.57 bits per heavy atom. The molecule has 0 bridgehead atoms. The Bertz CT molecular complexity index is 632. The summed E-state index contributed by atoms with van der Waals surface area (Å²) in [5, 5.41) is 0. The number of hydrogen-bond donors (Lipinski definition) is 0. The van der Waals surface area contributed by atoms with Crippen LogP contribution in [0.2, 0.25) is 0 Å². The SMILES string of the molecule is CCOC(=O)/C=C/CCc1ccccc1OCc1ccccc1. The largest absolute Gasteiger partial charge is 0.489 e. The van der Waals surface area contributed by atoms with Crippen LogP contribution < -0.4 is 4.74 Å². The highest BCUT2D eigenvalue weighted by Crippen LogP contribution is 2.21. The van der Waals surface area contributed by atoms with E-state index < -0.39 is 0 Å². The molecule has 0 radical (unpaired) electrons. The lowest BCUT2D eigenvalue weighted by atomic mass is 10.1. The fourth-order valence-electron chi connectivity index (χ4n) is 2.20. The molecule has 120 valence electrons. The molecule has 2 rings (SSSR count). The lowest BCUT2D eigenvalue weighted by Crippen LogP contribution is -1.99. The van der Waals surface area contributed by atoms with Crippen LogP contribution >= 0.6 is 0 Å². The van der Waals surface area contributed by atoms with Gasteiger partial charge >= 0.3 is 5.97 Å². The molecule has 0 amide bonds. The fourth-order valence-corrected chi connectivity index (χ4v) is 2.20. The molecule has 2 aromatic carbocycles. The van der Waals surface area contributed by atoms with Crippen molar-refractivity contribution in [3.8, 4) is 5.75 Å². The van der Waals surface area contributed by atoms with Gasteiger partial charge in [0.2, 0.25) is 0 Å². The molecule has 0 spiro atoms. The molecule has 0 heterocycles. The average molecular weight is 310 g/mol. The van der Waals surface area contributed by atoms with Crippen molar-refractivity contribution in [2.75, 3.05) is 6.61 Å². The molecule has 0 N–H and O–H groups in total. The Morgan fingerprint density at radius 2 is 1.78 bits per heavy atom. The Hall–Kier alpha value is -2.55. The Morgan fingerprint density at radius 1 is 1.04 bits per heavy atom. The first-order valence-corrected chi connectivity index (χ1v) is 7.87. The molecule has 3 heteroatoms. The van der Waals surface area contributed by atoms with E-state index in [9.17, 15) is 4.79 Å². The summed E-state index contributed by atoms with van der Waals surface area (Å²) in [6.07, 6.45) is 4.91. The number of rotatable bonds is 8. The van der Waals surface area contributed by atoms with Crippen LogP contribution in [0.4, 0.5) is 0 Å². The van der Waals surface area contributed by atoms with Crippen molar-refractivity contribution in [3.05, 3.63) is 77.9 Å². The molecule has 0 aliphatic carbocycles. The predicted octanol–water partition coefficient (Wildman–Crippen LogP) is 4.32. The molecule has 23 heavy (non-hydrogen) atoms. The van der Waals surface area contributed by atoms with E-state index in [-0.39, 0.29) is 5.97 Å². The second-order valence-electron chi connectivity index (χ2n) is 5.08. The average Bonchev–Trinajstić information content (AvgIpc) is 2.59. The second kappa shape index (κ2) is 9.46. The van der Waals surface area contributed by atoms with Crippen molar-refractivity contribution in [2.24, 2.45) is 0 Å². The summed E-state index contributed by atoms with van der Waals surface area (Å²) in [6.45, 7) is 2.75. The van der Waals surface area contributed by atoms with E-state index in [0.717, 1.165) is 29.7 Å². The molecule has 0 aliphatic heterocycles. The van der Waals surface area contributed by atoms with Gasteiger partial charge in [-0.15, -0.1) is 0 Å². The van der Waals surface area contributed by atoms with Crippen LogP contribution in [0.15, 0.2) is 66.7 Å². The number of allylic oxidation sites excluding steroid dienone is 1. The van der Waals surface area contributed by atoms with Gasteiger partial charge in [-0.1, -0.05) is 54.6 Å². The zero-order chi connectivity index (χ0) is 16.3. The first kappa shape index (κ1) is 16.8. The highest BCUT2D eigenvalue weighted by molar-refractivity contribution is 5.81. The van der Waals surface area contributed by atoms with Crippen LogP contribution in [0.3, 0.4) is 0 Å². The number of benzene rings is 2. The van der Waals surface area contributed by atoms with Crippen molar-refractivity contribution in [2.45, 2.75) is 26.4 Å². The number of ether oxygens (including phenoxy) is 2. The minimum absolute atomic E-state index is 0.291. The summed E-state index contributed by atoms with van der Waals surface area (Å²) in [5.41, 5.74) is 2.28. The number of para-hydroxylation sites is 1. The molecule has 0 fully saturated rings. The normalized spacial score (nSPS) is 10.7. The van der Waals surface area contributed by atoms with E-state index in [1.165, 1.54) is 6.08 Å². The van der Waals surface area contributed by atoms with Crippen molar-refractivity contribution < 1.29 is 14.3 Å². The molecule has 0 aromatic heterocycles. The number of aryl methyl sites for hydroxylation is 1. The van der Waals surface area contributed by atoms with Crippen LogP contribution in [-0.2, 0) is 22.6 Å². The van der Waals surface area contributed by atoms with Gasteiger partial charge in [0.1, 0.15) is 12.4 Å². The molecular weight excluding hydrogens is 288 g/mol. The molecule has 0 saturated heterocycles. The molecule has 0 unspecified atom stereocenters. The third-order valence-electron chi connectivity index (χ3n) is 3.33. The van der Waals surface area contributed by atoms with E-state index in [1.54, 1.807) is 6.92 Å². The molecule has 0 atom stereocenters. The molecule has 3 nitrogen and oxygen atoms in total. The van der Waals surface area contributed by atoms with Gasteiger partial charge in [-0.05, 0) is 37.0 Å². The summed E-state index contributed by atoms with van der Waals surface area (Å²) in [7, 11) is 0. The number of carbonyl (C=O) groups excluding carboxylic acids is 1. The smallest absolute Gasteiger partial charge is 0.330 e. The lowest BCUT2D eigenvalue weighted by Gasteiger charge is -2.11. The van der Waals surface area contributed by atoms with Crippen molar-refractivity contribution >= 4 is 5.97 Å². The van der Waals surface area contributed by atoms with E-state index in [1.807, 2.05) is 54.6 Å². The van der Waals surface area contributed by atoms with Gasteiger partial charge in [0.25, 0.3) is 0 Å².